The van der Waals surface area contributed by atoms with Crippen molar-refractivity contribution < 1.29 is 38.2 Å². The topological polar surface area (TPSA) is 99.1 Å². The summed E-state index contributed by atoms with van der Waals surface area (Å²) in [6.07, 6.45) is 40.7. The van der Waals surface area contributed by atoms with Crippen molar-refractivity contribution in [2.75, 3.05) is 41.0 Å². The van der Waals surface area contributed by atoms with Crippen LogP contribution in [0.1, 0.15) is 200 Å². The summed E-state index contributed by atoms with van der Waals surface area (Å²) in [5, 5.41) is 9.61. The van der Waals surface area contributed by atoms with Crippen LogP contribution >= 0.6 is 0 Å². The number of aliphatic carboxylic acids is 1. The average molecular weight is 765 g/mol. The number of rotatable bonds is 40. The van der Waals surface area contributed by atoms with Gasteiger partial charge in [-0.05, 0) is 38.5 Å². The molecule has 2 atom stereocenters. The van der Waals surface area contributed by atoms with Gasteiger partial charge in [0, 0.05) is 19.3 Å². The number of hydrogen-bond acceptors (Lipinski definition) is 6. The van der Waals surface area contributed by atoms with Crippen LogP contribution in [0, 0.1) is 0 Å². The highest BCUT2D eigenvalue weighted by molar-refractivity contribution is 5.72. The van der Waals surface area contributed by atoms with Gasteiger partial charge < -0.3 is 23.8 Å². The first-order chi connectivity index (χ1) is 26.1. The zero-order chi connectivity index (χ0) is 40.0. The van der Waals surface area contributed by atoms with Gasteiger partial charge in [-0.25, -0.2) is 4.79 Å². The molecule has 0 rings (SSSR count). The minimum atomic E-state index is -0.874. The third-order valence-electron chi connectivity index (χ3n) is 10.1. The standard InChI is InChI=1S/C46H85NO7/c1-6-8-10-12-14-16-18-19-20-21-22-23-24-25-27-29-31-33-35-37-45(49)54-42(40-52-39-38-43(46(50)51)47(3,4)5)41-53-44(48)36-34-32-30-28-26-17-15-13-11-9-7-2/h14,16,18-19,42-43H,6-13,15,17,20-41H2,1-5H3/p+1/b16-14+,19-18+. The Morgan fingerprint density at radius 3 is 1.43 bits per heavy atom. The van der Waals surface area contributed by atoms with E-state index in [0.717, 1.165) is 38.5 Å². The van der Waals surface area contributed by atoms with Gasteiger partial charge in [-0.3, -0.25) is 9.59 Å². The van der Waals surface area contributed by atoms with Gasteiger partial charge in [0.15, 0.2) is 12.1 Å². The largest absolute Gasteiger partial charge is 0.477 e. The Kier molecular flexibility index (Phi) is 36.2. The maximum atomic E-state index is 12.7. The summed E-state index contributed by atoms with van der Waals surface area (Å²) in [4.78, 5) is 36.9. The van der Waals surface area contributed by atoms with Gasteiger partial charge in [-0.15, -0.1) is 0 Å². The Morgan fingerprint density at radius 1 is 0.556 bits per heavy atom. The van der Waals surface area contributed by atoms with Crippen molar-refractivity contribution in [1.29, 1.82) is 0 Å². The molecule has 0 aromatic rings. The van der Waals surface area contributed by atoms with Crippen molar-refractivity contribution in [1.82, 2.24) is 0 Å². The Labute approximate surface area is 332 Å². The summed E-state index contributed by atoms with van der Waals surface area (Å²) in [5.41, 5.74) is 0. The van der Waals surface area contributed by atoms with E-state index < -0.39 is 18.1 Å². The zero-order valence-corrected chi connectivity index (χ0v) is 35.9. The molecule has 2 unspecified atom stereocenters. The number of likely N-dealkylation sites (N-methyl/N-ethyl adjacent to an activating group) is 1. The Hall–Kier alpha value is -2.19. The number of ether oxygens (including phenoxy) is 3. The molecule has 0 aliphatic carbocycles. The molecule has 8 nitrogen and oxygen atoms in total. The van der Waals surface area contributed by atoms with E-state index in [1.807, 2.05) is 21.1 Å². The molecular formula is C46H86NO7+. The fourth-order valence-electron chi connectivity index (χ4n) is 6.61. The first-order valence-electron chi connectivity index (χ1n) is 22.4. The maximum absolute atomic E-state index is 12.7. The zero-order valence-electron chi connectivity index (χ0n) is 35.9. The van der Waals surface area contributed by atoms with E-state index in [1.54, 1.807) is 0 Å². The number of carboxylic acid groups (broad SMARTS) is 1. The molecule has 0 aliphatic heterocycles. The fraction of sp³-hybridized carbons (Fsp3) is 0.848. The van der Waals surface area contributed by atoms with E-state index in [9.17, 15) is 19.5 Å². The average Bonchev–Trinajstić information content (AvgIpc) is 3.12. The van der Waals surface area contributed by atoms with Crippen molar-refractivity contribution in [3.63, 3.8) is 0 Å². The lowest BCUT2D eigenvalue weighted by atomic mass is 10.1. The van der Waals surface area contributed by atoms with E-state index in [-0.39, 0.29) is 36.2 Å². The van der Waals surface area contributed by atoms with Crippen LogP contribution < -0.4 is 0 Å². The monoisotopic (exact) mass is 765 g/mol. The fourth-order valence-corrected chi connectivity index (χ4v) is 6.61. The number of carboxylic acids is 1. The summed E-state index contributed by atoms with van der Waals surface area (Å²) in [5.74, 6) is -1.46. The third-order valence-corrected chi connectivity index (χ3v) is 10.1. The second-order valence-corrected chi connectivity index (χ2v) is 16.3. The molecule has 8 heteroatoms. The van der Waals surface area contributed by atoms with E-state index in [2.05, 4.69) is 38.2 Å². The van der Waals surface area contributed by atoms with Crippen molar-refractivity contribution in [3.8, 4) is 0 Å². The van der Waals surface area contributed by atoms with Gasteiger partial charge in [0.2, 0.25) is 0 Å². The minimum absolute atomic E-state index is 0.0481. The van der Waals surface area contributed by atoms with E-state index in [1.165, 1.54) is 128 Å². The molecule has 0 fully saturated rings. The number of quaternary nitrogens is 1. The molecule has 0 saturated heterocycles. The highest BCUT2D eigenvalue weighted by Crippen LogP contribution is 2.15. The molecule has 0 aromatic carbocycles. The molecule has 0 aliphatic rings. The van der Waals surface area contributed by atoms with Crippen LogP contribution in [0.2, 0.25) is 0 Å². The Balaban J connectivity index is 4.29. The van der Waals surface area contributed by atoms with Crippen LogP contribution in [0.5, 0.6) is 0 Å². The molecule has 0 bridgehead atoms. The molecule has 0 aromatic heterocycles. The van der Waals surface area contributed by atoms with Crippen molar-refractivity contribution in [3.05, 3.63) is 24.3 Å². The number of esters is 2. The Morgan fingerprint density at radius 2 is 0.963 bits per heavy atom. The van der Waals surface area contributed by atoms with Crippen LogP contribution in [-0.2, 0) is 28.6 Å². The first-order valence-corrected chi connectivity index (χ1v) is 22.4. The maximum Gasteiger partial charge on any atom is 0.362 e. The molecule has 54 heavy (non-hydrogen) atoms. The van der Waals surface area contributed by atoms with Crippen LogP contribution in [0.25, 0.3) is 0 Å². The van der Waals surface area contributed by atoms with Gasteiger partial charge >= 0.3 is 17.9 Å². The van der Waals surface area contributed by atoms with Crippen molar-refractivity contribution in [2.45, 2.75) is 212 Å². The molecule has 0 saturated carbocycles. The van der Waals surface area contributed by atoms with Gasteiger partial charge in [0.05, 0.1) is 34.4 Å². The molecular weight excluding hydrogens is 679 g/mol. The van der Waals surface area contributed by atoms with Crippen LogP contribution in [-0.4, -0.2) is 80.6 Å². The summed E-state index contributed by atoms with van der Waals surface area (Å²) >= 11 is 0. The van der Waals surface area contributed by atoms with Crippen molar-refractivity contribution >= 4 is 17.9 Å². The second-order valence-electron chi connectivity index (χ2n) is 16.3. The lowest BCUT2D eigenvalue weighted by molar-refractivity contribution is -0.887. The molecule has 316 valence electrons. The highest BCUT2D eigenvalue weighted by atomic mass is 16.6. The van der Waals surface area contributed by atoms with Gasteiger partial charge in [-0.2, -0.15) is 0 Å². The van der Waals surface area contributed by atoms with E-state index in [4.69, 9.17) is 14.2 Å². The quantitative estimate of drug-likeness (QED) is 0.0287. The second kappa shape index (κ2) is 37.7. The molecule has 0 heterocycles. The predicted octanol–water partition coefficient (Wildman–Crippen LogP) is 12.1. The number of carbonyl (C=O) groups excluding carboxylic acids is 2. The van der Waals surface area contributed by atoms with E-state index >= 15 is 0 Å². The lowest BCUT2D eigenvalue weighted by Crippen LogP contribution is -2.50. The number of hydrogen-bond donors (Lipinski definition) is 1. The van der Waals surface area contributed by atoms with Gasteiger partial charge in [0.25, 0.3) is 0 Å². The minimum Gasteiger partial charge on any atom is -0.477 e. The molecule has 0 radical (unpaired) electrons. The number of nitrogens with zero attached hydrogens (tertiary/aromatic N) is 1. The molecule has 1 N–H and O–H groups in total. The van der Waals surface area contributed by atoms with Crippen LogP contribution in [0.15, 0.2) is 24.3 Å². The SMILES string of the molecule is CCCCC/C=C/C=C/CCCCCCCCCCCCC(=O)OC(COCCC(C(=O)O)[N+](C)(C)C)COC(=O)CCCCCCCCCCCCC. The van der Waals surface area contributed by atoms with Crippen LogP contribution in [0.3, 0.4) is 0 Å². The summed E-state index contributed by atoms with van der Waals surface area (Å²) in [6.45, 7) is 4.71. The predicted molar refractivity (Wildman–Crippen MR) is 225 cm³/mol. The number of carbonyl (C=O) groups is 3. The Bertz CT molecular complexity index is 942. The normalized spacial score (nSPS) is 13.1. The van der Waals surface area contributed by atoms with Gasteiger partial charge in [0.1, 0.15) is 6.61 Å². The lowest BCUT2D eigenvalue weighted by Gasteiger charge is -2.31. The van der Waals surface area contributed by atoms with Gasteiger partial charge in [-0.1, -0.05) is 167 Å². The first kappa shape index (κ1) is 51.8. The third kappa shape index (κ3) is 35.5. The highest BCUT2D eigenvalue weighted by Gasteiger charge is 2.31. The van der Waals surface area contributed by atoms with Crippen LogP contribution in [0.4, 0.5) is 0 Å². The molecule has 0 amide bonds. The molecule has 0 spiro atoms. The van der Waals surface area contributed by atoms with Crippen molar-refractivity contribution in [2.24, 2.45) is 0 Å². The summed E-state index contributed by atoms with van der Waals surface area (Å²) in [7, 11) is 5.53. The van der Waals surface area contributed by atoms with E-state index in [0.29, 0.717) is 19.3 Å². The number of allylic oxidation sites excluding steroid dienone is 4. The number of unbranched alkanes of at least 4 members (excludes halogenated alkanes) is 23. The summed E-state index contributed by atoms with van der Waals surface area (Å²) < 4.78 is 17.3. The summed E-state index contributed by atoms with van der Waals surface area (Å²) in [6, 6.07) is -0.611. The smallest absolute Gasteiger partial charge is 0.362 e.